The first-order valence-corrected chi connectivity index (χ1v) is 9.94. The molecule has 4 rings (SSSR count). The number of hydrogen-bond donors (Lipinski definition) is 1. The average molecular weight is 371 g/mol. The molecule has 25 heavy (non-hydrogen) atoms. The number of H-pyrrole nitrogens is 1. The summed E-state index contributed by atoms with van der Waals surface area (Å²) in [5.74, 6) is -0.0800. The fraction of sp³-hybridized carbons (Fsp3) is 0.278. The van der Waals surface area contributed by atoms with E-state index >= 15 is 0 Å². The molecule has 3 aromatic rings. The fourth-order valence-corrected chi connectivity index (χ4v) is 4.58. The van der Waals surface area contributed by atoms with Crippen LogP contribution in [0.5, 0.6) is 0 Å². The van der Waals surface area contributed by atoms with Crippen LogP contribution in [0.25, 0.3) is 10.6 Å². The second-order valence-electron chi connectivity index (χ2n) is 6.08. The highest BCUT2D eigenvalue weighted by Gasteiger charge is 2.30. The summed E-state index contributed by atoms with van der Waals surface area (Å²) in [5.41, 5.74) is 1.26. The van der Waals surface area contributed by atoms with E-state index in [0.717, 1.165) is 28.3 Å². The Balaban J connectivity index is 1.48. The lowest BCUT2D eigenvalue weighted by Gasteiger charge is -2.31. The van der Waals surface area contributed by atoms with E-state index in [0.29, 0.717) is 18.8 Å². The quantitative estimate of drug-likeness (QED) is 0.707. The Kier molecular flexibility index (Phi) is 4.50. The standard InChI is InChI=1S/C18H17N3O2S2/c22-17(16-6-3-9-25-16)12-4-1-7-21(11-12)18(23)14-10-13(19-20-14)15-5-2-8-24-15/h2-3,5-6,8-10,12H,1,4,7,11H2,(H,19,20)/t12-/m0/s1. The minimum absolute atomic E-state index is 0.109. The Morgan fingerprint density at radius 2 is 2.04 bits per heavy atom. The summed E-state index contributed by atoms with van der Waals surface area (Å²) in [4.78, 5) is 28.9. The first-order valence-electron chi connectivity index (χ1n) is 8.18. The van der Waals surface area contributed by atoms with Gasteiger partial charge in [-0.3, -0.25) is 14.7 Å². The summed E-state index contributed by atoms with van der Waals surface area (Å²) < 4.78 is 0. The summed E-state index contributed by atoms with van der Waals surface area (Å²) in [6.45, 7) is 1.14. The van der Waals surface area contributed by atoms with Crippen LogP contribution in [0.4, 0.5) is 0 Å². The monoisotopic (exact) mass is 371 g/mol. The number of piperidine rings is 1. The zero-order valence-corrected chi connectivity index (χ0v) is 15.1. The van der Waals surface area contributed by atoms with E-state index in [4.69, 9.17) is 0 Å². The van der Waals surface area contributed by atoms with Gasteiger partial charge in [-0.1, -0.05) is 12.1 Å². The number of amides is 1. The number of nitrogens with one attached hydrogen (secondary N) is 1. The highest BCUT2D eigenvalue weighted by molar-refractivity contribution is 7.13. The van der Waals surface area contributed by atoms with Crippen molar-refractivity contribution in [3.05, 3.63) is 51.7 Å². The average Bonchev–Trinajstić information content (AvgIpc) is 3.42. The van der Waals surface area contributed by atoms with Crippen LogP contribution in [0.1, 0.15) is 33.0 Å². The molecule has 0 bridgehead atoms. The summed E-state index contributed by atoms with van der Waals surface area (Å²) in [6.07, 6.45) is 1.68. The molecule has 0 spiro atoms. The van der Waals surface area contributed by atoms with Crippen LogP contribution in [-0.2, 0) is 0 Å². The van der Waals surface area contributed by atoms with E-state index < -0.39 is 0 Å². The smallest absolute Gasteiger partial charge is 0.274 e. The molecular weight excluding hydrogens is 354 g/mol. The molecule has 0 aromatic carbocycles. The zero-order chi connectivity index (χ0) is 17.2. The lowest BCUT2D eigenvalue weighted by atomic mass is 9.93. The molecule has 3 aromatic heterocycles. The second-order valence-corrected chi connectivity index (χ2v) is 7.97. The number of carbonyl (C=O) groups excluding carboxylic acids is 2. The molecule has 0 radical (unpaired) electrons. The predicted octanol–water partition coefficient (Wildman–Crippen LogP) is 3.93. The van der Waals surface area contributed by atoms with Crippen molar-refractivity contribution < 1.29 is 9.59 Å². The SMILES string of the molecule is O=C(c1cccs1)[C@H]1CCCN(C(=O)c2cc(-c3cccs3)[nH]n2)C1. The maximum absolute atomic E-state index is 12.8. The lowest BCUT2D eigenvalue weighted by molar-refractivity contribution is 0.0633. The van der Waals surface area contributed by atoms with Crippen LogP contribution in [0.3, 0.4) is 0 Å². The van der Waals surface area contributed by atoms with E-state index in [2.05, 4.69) is 10.2 Å². The third kappa shape index (κ3) is 3.29. The third-order valence-electron chi connectivity index (χ3n) is 4.43. The summed E-state index contributed by atoms with van der Waals surface area (Å²) in [5, 5.41) is 11.0. The van der Waals surface area contributed by atoms with Crippen LogP contribution in [-0.4, -0.2) is 39.9 Å². The van der Waals surface area contributed by atoms with Crippen molar-refractivity contribution in [2.75, 3.05) is 13.1 Å². The minimum Gasteiger partial charge on any atom is -0.337 e. The van der Waals surface area contributed by atoms with Crippen LogP contribution in [0, 0.1) is 5.92 Å². The minimum atomic E-state index is -0.118. The number of thiophene rings is 2. The van der Waals surface area contributed by atoms with E-state index in [9.17, 15) is 9.59 Å². The Labute approximate surface area is 153 Å². The number of aromatic amines is 1. The molecule has 0 aliphatic carbocycles. The lowest BCUT2D eigenvalue weighted by Crippen LogP contribution is -2.42. The van der Waals surface area contributed by atoms with E-state index in [1.807, 2.05) is 35.0 Å². The fourth-order valence-electron chi connectivity index (χ4n) is 3.15. The van der Waals surface area contributed by atoms with Crippen molar-refractivity contribution >= 4 is 34.4 Å². The van der Waals surface area contributed by atoms with Gasteiger partial charge in [-0.25, -0.2) is 0 Å². The van der Waals surface area contributed by atoms with Crippen LogP contribution in [0.2, 0.25) is 0 Å². The third-order valence-corrected chi connectivity index (χ3v) is 6.21. The molecule has 1 atom stereocenters. The number of hydrogen-bond acceptors (Lipinski definition) is 5. The van der Waals surface area contributed by atoms with Gasteiger partial charge in [0.25, 0.3) is 5.91 Å². The van der Waals surface area contributed by atoms with Crippen molar-refractivity contribution in [2.45, 2.75) is 12.8 Å². The van der Waals surface area contributed by atoms with E-state index in [-0.39, 0.29) is 17.6 Å². The molecule has 0 unspecified atom stereocenters. The van der Waals surface area contributed by atoms with E-state index in [1.54, 1.807) is 22.3 Å². The summed E-state index contributed by atoms with van der Waals surface area (Å²) in [7, 11) is 0. The van der Waals surface area contributed by atoms with E-state index in [1.165, 1.54) is 11.3 Å². The topological polar surface area (TPSA) is 66.1 Å². The first kappa shape index (κ1) is 16.2. The zero-order valence-electron chi connectivity index (χ0n) is 13.5. The van der Waals surface area contributed by atoms with Gasteiger partial charge in [0.05, 0.1) is 15.4 Å². The van der Waals surface area contributed by atoms with Gasteiger partial charge < -0.3 is 4.90 Å². The molecule has 7 heteroatoms. The second kappa shape index (κ2) is 6.93. The Morgan fingerprint density at radius 3 is 2.80 bits per heavy atom. The van der Waals surface area contributed by atoms with Gasteiger partial charge in [0.15, 0.2) is 11.5 Å². The van der Waals surface area contributed by atoms with Gasteiger partial charge in [0.1, 0.15) is 0 Å². The van der Waals surface area contributed by atoms with Crippen molar-refractivity contribution in [1.82, 2.24) is 15.1 Å². The van der Waals surface area contributed by atoms with Crippen LogP contribution >= 0.6 is 22.7 Å². The molecule has 1 fully saturated rings. The molecule has 1 aliphatic heterocycles. The summed E-state index contributed by atoms with van der Waals surface area (Å²) in [6, 6.07) is 9.49. The van der Waals surface area contributed by atoms with Gasteiger partial charge in [-0.05, 0) is 41.8 Å². The van der Waals surface area contributed by atoms with Gasteiger partial charge in [-0.15, -0.1) is 22.7 Å². The maximum Gasteiger partial charge on any atom is 0.274 e. The number of Topliss-reactive ketones (excluding diaryl/α,β-unsaturated/α-hetero) is 1. The van der Waals surface area contributed by atoms with Crippen molar-refractivity contribution in [3.8, 4) is 10.6 Å². The molecular formula is C18H17N3O2S2. The highest BCUT2D eigenvalue weighted by atomic mass is 32.1. The highest BCUT2D eigenvalue weighted by Crippen LogP contribution is 2.26. The molecule has 5 nitrogen and oxygen atoms in total. The number of likely N-dealkylation sites (tertiary alicyclic amines) is 1. The molecule has 0 saturated carbocycles. The number of aromatic nitrogens is 2. The van der Waals surface area contributed by atoms with Crippen molar-refractivity contribution in [2.24, 2.45) is 5.92 Å². The van der Waals surface area contributed by atoms with Gasteiger partial charge in [0.2, 0.25) is 0 Å². The molecule has 1 amide bonds. The normalized spacial score (nSPS) is 17.6. The van der Waals surface area contributed by atoms with Crippen molar-refractivity contribution in [3.63, 3.8) is 0 Å². The molecule has 1 saturated heterocycles. The van der Waals surface area contributed by atoms with Crippen molar-refractivity contribution in [1.29, 1.82) is 0 Å². The van der Waals surface area contributed by atoms with Crippen LogP contribution in [0.15, 0.2) is 41.1 Å². The predicted molar refractivity (Wildman–Crippen MR) is 99.2 cm³/mol. The molecule has 1 aliphatic rings. The first-order chi connectivity index (χ1) is 12.2. The molecule has 1 N–H and O–H groups in total. The number of nitrogens with zero attached hydrogens (tertiary/aromatic N) is 2. The van der Waals surface area contributed by atoms with Crippen LogP contribution < -0.4 is 0 Å². The Hall–Kier alpha value is -2.25. The number of ketones is 1. The largest absolute Gasteiger partial charge is 0.337 e. The summed E-state index contributed by atoms with van der Waals surface area (Å²) >= 11 is 3.06. The number of carbonyl (C=O) groups is 2. The Bertz CT molecular complexity index is 868. The van der Waals surface area contributed by atoms with Gasteiger partial charge >= 0.3 is 0 Å². The van der Waals surface area contributed by atoms with Gasteiger partial charge in [0, 0.05) is 19.0 Å². The molecule has 128 valence electrons. The Morgan fingerprint density at radius 1 is 1.20 bits per heavy atom. The molecule has 4 heterocycles. The van der Waals surface area contributed by atoms with Gasteiger partial charge in [-0.2, -0.15) is 5.10 Å². The maximum atomic E-state index is 12.8. The number of rotatable bonds is 4.